The molecule has 6 heteroatoms. The number of hydrogen-bond donors (Lipinski definition) is 1. The van der Waals surface area contributed by atoms with Crippen molar-refractivity contribution in [2.45, 2.75) is 19.4 Å². The lowest BCUT2D eigenvalue weighted by atomic mass is 10.1. The van der Waals surface area contributed by atoms with Crippen LogP contribution in [-0.2, 0) is 6.54 Å². The number of aromatic amines is 1. The van der Waals surface area contributed by atoms with Gasteiger partial charge in [-0.1, -0.05) is 41.4 Å². The number of carbonyl (C=O) groups excluding carboxylic acids is 1. The van der Waals surface area contributed by atoms with Crippen LogP contribution in [0.2, 0.25) is 10.2 Å². The van der Waals surface area contributed by atoms with Crippen molar-refractivity contribution in [3.8, 4) is 0 Å². The summed E-state index contributed by atoms with van der Waals surface area (Å²) in [5.74, 6) is -0.130. The SMILES string of the molecule is CN(Cc1ccccc1N1CCCC1)C(=O)c1cc(Cl)c(Cl)[nH]1. The van der Waals surface area contributed by atoms with Crippen molar-refractivity contribution >= 4 is 34.8 Å². The second-order valence-corrected chi connectivity index (χ2v) is 6.61. The molecule has 23 heavy (non-hydrogen) atoms. The van der Waals surface area contributed by atoms with Crippen LogP contribution in [0.5, 0.6) is 0 Å². The Bertz CT molecular complexity index is 688. The fraction of sp³-hybridized carbons (Fsp3) is 0.353. The molecule has 1 fully saturated rings. The maximum Gasteiger partial charge on any atom is 0.270 e. The Labute approximate surface area is 146 Å². The Morgan fingerprint density at radius 2 is 1.96 bits per heavy atom. The molecule has 1 aromatic carbocycles. The van der Waals surface area contributed by atoms with Gasteiger partial charge in [-0.3, -0.25) is 4.79 Å². The number of amides is 1. The molecule has 1 saturated heterocycles. The average Bonchev–Trinajstić information content (AvgIpc) is 3.18. The molecule has 1 N–H and O–H groups in total. The molecule has 1 aliphatic heterocycles. The number of rotatable bonds is 4. The first-order valence-electron chi connectivity index (χ1n) is 7.68. The van der Waals surface area contributed by atoms with E-state index in [1.54, 1.807) is 18.0 Å². The molecule has 0 saturated carbocycles. The second-order valence-electron chi connectivity index (χ2n) is 5.83. The summed E-state index contributed by atoms with van der Waals surface area (Å²) in [6, 6.07) is 9.82. The zero-order valence-electron chi connectivity index (χ0n) is 13.0. The number of hydrogen-bond acceptors (Lipinski definition) is 2. The van der Waals surface area contributed by atoms with E-state index < -0.39 is 0 Å². The topological polar surface area (TPSA) is 39.3 Å². The van der Waals surface area contributed by atoms with Crippen LogP contribution >= 0.6 is 23.2 Å². The van der Waals surface area contributed by atoms with Gasteiger partial charge in [0, 0.05) is 32.4 Å². The third-order valence-corrected chi connectivity index (χ3v) is 4.84. The van der Waals surface area contributed by atoms with E-state index in [2.05, 4.69) is 22.0 Å². The summed E-state index contributed by atoms with van der Waals surface area (Å²) in [6.45, 7) is 2.70. The molecule has 1 amide bonds. The van der Waals surface area contributed by atoms with E-state index in [-0.39, 0.29) is 5.91 Å². The molecule has 0 bridgehead atoms. The largest absolute Gasteiger partial charge is 0.371 e. The van der Waals surface area contributed by atoms with Crippen LogP contribution in [0, 0.1) is 0 Å². The third-order valence-electron chi connectivity index (χ3n) is 4.15. The van der Waals surface area contributed by atoms with Gasteiger partial charge in [0.15, 0.2) is 0 Å². The number of nitrogens with zero attached hydrogens (tertiary/aromatic N) is 2. The van der Waals surface area contributed by atoms with E-state index >= 15 is 0 Å². The van der Waals surface area contributed by atoms with Crippen LogP contribution in [0.1, 0.15) is 28.9 Å². The predicted molar refractivity (Wildman–Crippen MR) is 94.5 cm³/mol. The summed E-state index contributed by atoms with van der Waals surface area (Å²) < 4.78 is 0. The summed E-state index contributed by atoms with van der Waals surface area (Å²) >= 11 is 11.8. The van der Waals surface area contributed by atoms with E-state index in [0.717, 1.165) is 18.7 Å². The van der Waals surface area contributed by atoms with Crippen molar-refractivity contribution in [1.29, 1.82) is 0 Å². The zero-order chi connectivity index (χ0) is 16.4. The van der Waals surface area contributed by atoms with Gasteiger partial charge >= 0.3 is 0 Å². The average molecular weight is 352 g/mol. The second kappa shape index (κ2) is 6.85. The highest BCUT2D eigenvalue weighted by atomic mass is 35.5. The van der Waals surface area contributed by atoms with Crippen LogP contribution in [0.4, 0.5) is 5.69 Å². The Balaban J connectivity index is 1.77. The number of halogens is 2. The summed E-state index contributed by atoms with van der Waals surface area (Å²) in [5, 5.41) is 0.654. The molecule has 3 rings (SSSR count). The molecule has 0 radical (unpaired) electrons. The van der Waals surface area contributed by atoms with Gasteiger partial charge in [0.05, 0.1) is 5.02 Å². The smallest absolute Gasteiger partial charge is 0.270 e. The van der Waals surface area contributed by atoms with E-state index in [1.165, 1.54) is 18.5 Å². The molecule has 0 atom stereocenters. The number of carbonyl (C=O) groups is 1. The van der Waals surface area contributed by atoms with Crippen molar-refractivity contribution in [2.24, 2.45) is 0 Å². The maximum atomic E-state index is 12.5. The molecule has 0 unspecified atom stereocenters. The van der Waals surface area contributed by atoms with E-state index in [0.29, 0.717) is 22.4 Å². The lowest BCUT2D eigenvalue weighted by molar-refractivity contribution is 0.0780. The Hall–Kier alpha value is -1.65. The highest BCUT2D eigenvalue weighted by Gasteiger charge is 2.19. The van der Waals surface area contributed by atoms with Gasteiger partial charge in [-0.05, 0) is 30.5 Å². The van der Waals surface area contributed by atoms with Gasteiger partial charge in [0.1, 0.15) is 10.8 Å². The highest BCUT2D eigenvalue weighted by Crippen LogP contribution is 2.26. The minimum Gasteiger partial charge on any atom is -0.371 e. The highest BCUT2D eigenvalue weighted by molar-refractivity contribution is 6.41. The molecule has 4 nitrogen and oxygen atoms in total. The fourth-order valence-corrected chi connectivity index (χ4v) is 3.28. The normalized spacial score (nSPS) is 14.3. The third kappa shape index (κ3) is 3.48. The van der Waals surface area contributed by atoms with Crippen molar-refractivity contribution in [1.82, 2.24) is 9.88 Å². The Morgan fingerprint density at radius 3 is 2.61 bits per heavy atom. The molecular formula is C17H19Cl2N3O. The van der Waals surface area contributed by atoms with Crippen LogP contribution in [0.15, 0.2) is 30.3 Å². The molecule has 1 aromatic heterocycles. The summed E-state index contributed by atoms with van der Waals surface area (Å²) in [7, 11) is 1.78. The summed E-state index contributed by atoms with van der Waals surface area (Å²) in [5.41, 5.74) is 2.77. The molecule has 0 spiro atoms. The van der Waals surface area contributed by atoms with Crippen LogP contribution in [0.3, 0.4) is 0 Å². The summed E-state index contributed by atoms with van der Waals surface area (Å²) in [6.07, 6.45) is 2.45. The van der Waals surface area contributed by atoms with Gasteiger partial charge in [-0.15, -0.1) is 0 Å². The molecule has 2 heterocycles. The zero-order valence-corrected chi connectivity index (χ0v) is 14.5. The van der Waals surface area contributed by atoms with E-state index in [1.807, 2.05) is 12.1 Å². The van der Waals surface area contributed by atoms with Crippen LogP contribution < -0.4 is 4.90 Å². The first-order chi connectivity index (χ1) is 11.1. The summed E-state index contributed by atoms with van der Waals surface area (Å²) in [4.78, 5) is 19.4. The van der Waals surface area contributed by atoms with Gasteiger partial charge in [0.2, 0.25) is 0 Å². The molecule has 2 aromatic rings. The Morgan fingerprint density at radius 1 is 1.26 bits per heavy atom. The quantitative estimate of drug-likeness (QED) is 0.896. The molecule has 0 aliphatic carbocycles. The van der Waals surface area contributed by atoms with E-state index in [9.17, 15) is 4.79 Å². The van der Waals surface area contributed by atoms with E-state index in [4.69, 9.17) is 23.2 Å². The Kier molecular flexibility index (Phi) is 4.83. The number of anilines is 1. The van der Waals surface area contributed by atoms with Gasteiger partial charge in [-0.25, -0.2) is 0 Å². The van der Waals surface area contributed by atoms with Crippen molar-refractivity contribution in [3.05, 3.63) is 51.8 Å². The first kappa shape index (κ1) is 16.2. The van der Waals surface area contributed by atoms with Crippen molar-refractivity contribution < 1.29 is 4.79 Å². The van der Waals surface area contributed by atoms with Crippen LogP contribution in [0.25, 0.3) is 0 Å². The first-order valence-corrected chi connectivity index (χ1v) is 8.44. The number of aromatic nitrogens is 1. The number of benzene rings is 1. The maximum absolute atomic E-state index is 12.5. The van der Waals surface area contributed by atoms with Crippen LogP contribution in [-0.4, -0.2) is 35.9 Å². The minimum atomic E-state index is -0.130. The molecular weight excluding hydrogens is 333 g/mol. The minimum absolute atomic E-state index is 0.130. The number of para-hydroxylation sites is 1. The standard InChI is InChI=1S/C17H19Cl2N3O/c1-21(17(23)14-10-13(18)16(19)20-14)11-12-6-2-3-7-15(12)22-8-4-5-9-22/h2-3,6-7,10,20H,4-5,8-9,11H2,1H3. The van der Waals surface area contributed by atoms with Gasteiger partial charge in [-0.2, -0.15) is 0 Å². The number of H-pyrrole nitrogens is 1. The molecule has 1 aliphatic rings. The fourth-order valence-electron chi connectivity index (χ4n) is 2.96. The van der Waals surface area contributed by atoms with Crippen molar-refractivity contribution in [3.63, 3.8) is 0 Å². The van der Waals surface area contributed by atoms with Crippen molar-refractivity contribution in [2.75, 3.05) is 25.0 Å². The lowest BCUT2D eigenvalue weighted by Gasteiger charge is -2.24. The van der Waals surface area contributed by atoms with Gasteiger partial charge < -0.3 is 14.8 Å². The molecule has 122 valence electrons. The monoisotopic (exact) mass is 351 g/mol. The number of nitrogens with one attached hydrogen (secondary N) is 1. The predicted octanol–water partition coefficient (Wildman–Crippen LogP) is 4.19. The lowest BCUT2D eigenvalue weighted by Crippen LogP contribution is -2.28. The van der Waals surface area contributed by atoms with Gasteiger partial charge in [0.25, 0.3) is 5.91 Å².